The fraction of sp³-hybridized carbons (Fsp3) is 0.438. The minimum absolute atomic E-state index is 0.739. The first-order valence-corrected chi connectivity index (χ1v) is 9.05. The summed E-state index contributed by atoms with van der Waals surface area (Å²) in [6, 6.07) is 7.22. The quantitative estimate of drug-likeness (QED) is 0.782. The minimum Gasteiger partial charge on any atom is -0.496 e. The highest BCUT2D eigenvalue weighted by Gasteiger charge is 2.20. The van der Waals surface area contributed by atoms with Crippen molar-refractivity contribution in [3.63, 3.8) is 0 Å². The van der Waals surface area contributed by atoms with Gasteiger partial charge in [-0.05, 0) is 37.5 Å². The van der Waals surface area contributed by atoms with Crippen LogP contribution in [0.2, 0.25) is 0 Å². The van der Waals surface area contributed by atoms with E-state index in [1.54, 1.807) is 30.2 Å². The zero-order valence-electron chi connectivity index (χ0n) is 12.4. The van der Waals surface area contributed by atoms with Gasteiger partial charge in [-0.2, -0.15) is 0 Å². The molecule has 0 amide bonds. The molecule has 0 radical (unpaired) electrons. The number of nitrogens with one attached hydrogen (secondary N) is 1. The van der Waals surface area contributed by atoms with Gasteiger partial charge in [-0.3, -0.25) is 0 Å². The highest BCUT2D eigenvalue weighted by molar-refractivity contribution is 8.00. The smallest absolute Gasteiger partial charge is 0.150 e. The van der Waals surface area contributed by atoms with Crippen molar-refractivity contribution in [2.75, 3.05) is 7.11 Å². The molecule has 1 aromatic heterocycles. The van der Waals surface area contributed by atoms with E-state index >= 15 is 0 Å². The van der Waals surface area contributed by atoms with Crippen LogP contribution in [0.25, 0.3) is 0 Å². The van der Waals surface area contributed by atoms with E-state index in [9.17, 15) is 0 Å². The average molecular weight is 320 g/mol. The van der Waals surface area contributed by atoms with Gasteiger partial charge in [0.15, 0.2) is 0 Å². The summed E-state index contributed by atoms with van der Waals surface area (Å²) in [6.07, 6.45) is 2.64. The molecular formula is C16H20N2OS2. The molecule has 0 aliphatic heterocycles. The predicted octanol–water partition coefficient (Wildman–Crippen LogP) is 4.00. The van der Waals surface area contributed by atoms with E-state index in [4.69, 9.17) is 4.74 Å². The Kier molecular flexibility index (Phi) is 4.83. The third-order valence-electron chi connectivity index (χ3n) is 3.47. The molecule has 5 heteroatoms. The van der Waals surface area contributed by atoms with E-state index in [0.29, 0.717) is 0 Å². The van der Waals surface area contributed by atoms with Crippen LogP contribution in [0.5, 0.6) is 5.75 Å². The van der Waals surface area contributed by atoms with Gasteiger partial charge >= 0.3 is 0 Å². The van der Waals surface area contributed by atoms with Gasteiger partial charge in [0.05, 0.1) is 7.11 Å². The van der Waals surface area contributed by atoms with Gasteiger partial charge < -0.3 is 10.1 Å². The zero-order chi connectivity index (χ0) is 14.7. The summed E-state index contributed by atoms with van der Waals surface area (Å²) in [5.41, 5.74) is 3.66. The Hall–Kier alpha value is -1.04. The molecule has 0 spiro atoms. The van der Waals surface area contributed by atoms with E-state index < -0.39 is 0 Å². The molecule has 1 aromatic carbocycles. The maximum atomic E-state index is 5.48. The molecule has 21 heavy (non-hydrogen) atoms. The first kappa shape index (κ1) is 14.9. The number of rotatable bonds is 7. The van der Waals surface area contributed by atoms with Crippen molar-refractivity contribution in [3.05, 3.63) is 40.4 Å². The number of aryl methyl sites for hydroxylation is 1. The molecule has 0 atom stereocenters. The number of thiazole rings is 1. The van der Waals surface area contributed by atoms with Crippen molar-refractivity contribution >= 4 is 23.1 Å². The Morgan fingerprint density at radius 1 is 1.43 bits per heavy atom. The second-order valence-corrected chi connectivity index (χ2v) is 7.43. The molecule has 3 rings (SSSR count). The SMILES string of the molecule is COc1ccc(CNC2CC2)cc1CSc1nc(C)cs1. The van der Waals surface area contributed by atoms with Crippen LogP contribution in [0, 0.1) is 6.92 Å². The molecule has 0 saturated heterocycles. The number of thioether (sulfide) groups is 1. The maximum absolute atomic E-state index is 5.48. The lowest BCUT2D eigenvalue weighted by molar-refractivity contribution is 0.411. The number of ether oxygens (including phenoxy) is 1. The average Bonchev–Trinajstić information content (AvgIpc) is 3.24. The normalized spacial score (nSPS) is 14.4. The molecule has 1 aliphatic rings. The van der Waals surface area contributed by atoms with Crippen LogP contribution < -0.4 is 10.1 Å². The second-order valence-electron chi connectivity index (χ2n) is 5.34. The van der Waals surface area contributed by atoms with Crippen LogP contribution in [0.1, 0.15) is 29.7 Å². The standard InChI is InChI=1S/C16H20N2OS2/c1-11-9-20-16(18-11)21-10-13-7-12(3-6-15(13)19-2)8-17-14-4-5-14/h3,6-7,9,14,17H,4-5,8,10H2,1-2H3. The number of hydrogen-bond acceptors (Lipinski definition) is 5. The molecule has 112 valence electrons. The lowest BCUT2D eigenvalue weighted by Crippen LogP contribution is -2.15. The summed E-state index contributed by atoms with van der Waals surface area (Å²) in [5, 5.41) is 5.65. The third-order valence-corrected chi connectivity index (χ3v) is 5.65. The summed E-state index contributed by atoms with van der Waals surface area (Å²) < 4.78 is 6.60. The van der Waals surface area contributed by atoms with Gasteiger partial charge in [-0.15, -0.1) is 11.3 Å². The van der Waals surface area contributed by atoms with Crippen molar-refractivity contribution in [2.45, 2.75) is 42.4 Å². The number of nitrogens with zero attached hydrogens (tertiary/aromatic N) is 1. The molecular weight excluding hydrogens is 300 g/mol. The minimum atomic E-state index is 0.739. The summed E-state index contributed by atoms with van der Waals surface area (Å²) >= 11 is 3.48. The molecule has 3 nitrogen and oxygen atoms in total. The summed E-state index contributed by atoms with van der Waals surface area (Å²) in [4.78, 5) is 4.50. The van der Waals surface area contributed by atoms with Gasteiger partial charge in [0, 0.05) is 35.0 Å². The van der Waals surface area contributed by atoms with Crippen molar-refractivity contribution in [3.8, 4) is 5.75 Å². The fourth-order valence-corrected chi connectivity index (χ4v) is 3.97. The molecule has 2 aromatic rings. The Morgan fingerprint density at radius 2 is 2.29 bits per heavy atom. The highest BCUT2D eigenvalue weighted by Crippen LogP contribution is 2.30. The van der Waals surface area contributed by atoms with E-state index in [1.807, 2.05) is 6.92 Å². The van der Waals surface area contributed by atoms with E-state index in [1.165, 1.54) is 24.0 Å². The fourth-order valence-electron chi connectivity index (χ4n) is 2.14. The van der Waals surface area contributed by atoms with E-state index in [-0.39, 0.29) is 0 Å². The van der Waals surface area contributed by atoms with Gasteiger partial charge in [-0.25, -0.2) is 4.98 Å². The second kappa shape index (κ2) is 6.81. The van der Waals surface area contributed by atoms with Crippen molar-refractivity contribution in [1.82, 2.24) is 10.3 Å². The van der Waals surface area contributed by atoms with Crippen molar-refractivity contribution in [2.24, 2.45) is 0 Å². The van der Waals surface area contributed by atoms with Crippen LogP contribution in [-0.2, 0) is 12.3 Å². The third kappa shape index (κ3) is 4.22. The largest absolute Gasteiger partial charge is 0.496 e. The molecule has 1 aliphatic carbocycles. The Bertz CT molecular complexity index is 608. The number of methoxy groups -OCH3 is 1. The monoisotopic (exact) mass is 320 g/mol. The van der Waals surface area contributed by atoms with Gasteiger partial charge in [0.1, 0.15) is 10.1 Å². The summed E-state index contributed by atoms with van der Waals surface area (Å²) in [6.45, 7) is 2.98. The first-order valence-electron chi connectivity index (χ1n) is 7.18. The number of hydrogen-bond donors (Lipinski definition) is 1. The zero-order valence-corrected chi connectivity index (χ0v) is 14.0. The molecule has 1 N–H and O–H groups in total. The number of benzene rings is 1. The topological polar surface area (TPSA) is 34.1 Å². The lowest BCUT2D eigenvalue weighted by Gasteiger charge is -2.10. The molecule has 1 saturated carbocycles. The van der Waals surface area contributed by atoms with E-state index in [0.717, 1.165) is 34.1 Å². The van der Waals surface area contributed by atoms with Crippen LogP contribution in [0.15, 0.2) is 27.9 Å². The van der Waals surface area contributed by atoms with Crippen LogP contribution in [0.3, 0.4) is 0 Å². The highest BCUT2D eigenvalue weighted by atomic mass is 32.2. The molecule has 1 fully saturated rings. The van der Waals surface area contributed by atoms with Gasteiger partial charge in [0.25, 0.3) is 0 Å². The molecule has 0 bridgehead atoms. The molecule has 1 heterocycles. The van der Waals surface area contributed by atoms with Crippen LogP contribution in [0.4, 0.5) is 0 Å². The maximum Gasteiger partial charge on any atom is 0.150 e. The van der Waals surface area contributed by atoms with Crippen LogP contribution in [-0.4, -0.2) is 18.1 Å². The Labute approximate surface area is 134 Å². The van der Waals surface area contributed by atoms with Gasteiger partial charge in [-0.1, -0.05) is 17.8 Å². The van der Waals surface area contributed by atoms with Crippen LogP contribution >= 0.6 is 23.1 Å². The lowest BCUT2D eigenvalue weighted by atomic mass is 10.1. The Balaban J connectivity index is 1.66. The van der Waals surface area contributed by atoms with E-state index in [2.05, 4.69) is 33.9 Å². The number of aromatic nitrogens is 1. The predicted molar refractivity (Wildman–Crippen MR) is 89.3 cm³/mol. The first-order chi connectivity index (χ1) is 10.2. The van der Waals surface area contributed by atoms with Gasteiger partial charge in [0.2, 0.25) is 0 Å². The molecule has 0 unspecified atom stereocenters. The Morgan fingerprint density at radius 3 is 2.95 bits per heavy atom. The van der Waals surface area contributed by atoms with Crippen molar-refractivity contribution < 1.29 is 4.74 Å². The summed E-state index contributed by atoms with van der Waals surface area (Å²) in [5.74, 6) is 1.86. The summed E-state index contributed by atoms with van der Waals surface area (Å²) in [7, 11) is 1.74. The van der Waals surface area contributed by atoms with Crippen molar-refractivity contribution in [1.29, 1.82) is 0 Å².